The highest BCUT2D eigenvalue weighted by Crippen LogP contribution is 2.36. The van der Waals surface area contributed by atoms with Gasteiger partial charge in [0.25, 0.3) is 0 Å². The van der Waals surface area contributed by atoms with Gasteiger partial charge in [-0.1, -0.05) is 6.58 Å². The molecule has 0 atom stereocenters. The van der Waals surface area contributed by atoms with Crippen molar-refractivity contribution in [1.82, 2.24) is 0 Å². The fraction of sp³-hybridized carbons (Fsp3) is 0.438. The largest absolute Gasteiger partial charge is 0.484 e. The fourth-order valence-electron chi connectivity index (χ4n) is 2.31. The summed E-state index contributed by atoms with van der Waals surface area (Å²) in [6, 6.07) is 4.06. The first-order valence-electron chi connectivity index (χ1n) is 6.76. The summed E-state index contributed by atoms with van der Waals surface area (Å²) in [5, 5.41) is 0. The third kappa shape index (κ3) is 3.38. The number of ether oxygens (including phenoxy) is 2. The molecule has 1 aromatic carbocycles. The van der Waals surface area contributed by atoms with E-state index in [4.69, 9.17) is 9.47 Å². The van der Waals surface area contributed by atoms with Crippen LogP contribution in [0.5, 0.6) is 11.5 Å². The van der Waals surface area contributed by atoms with Crippen molar-refractivity contribution in [2.24, 2.45) is 0 Å². The molecule has 0 heterocycles. The molecule has 1 aliphatic carbocycles. The van der Waals surface area contributed by atoms with Crippen LogP contribution in [-0.2, 0) is 4.79 Å². The standard InChI is InChI=1S/C16H19FO3/c1-11(2)15(18)19-12-6-7-13(17)14(10-12)20-16(3)8-4-5-9-16/h6-7,10H,1,4-5,8-9H2,2-3H3. The minimum absolute atomic E-state index is 0.126. The maximum Gasteiger partial charge on any atom is 0.338 e. The number of halogens is 1. The van der Waals surface area contributed by atoms with Crippen molar-refractivity contribution >= 4 is 5.97 Å². The molecule has 0 bridgehead atoms. The normalized spacial score (nSPS) is 16.8. The molecular formula is C16H19FO3. The van der Waals surface area contributed by atoms with Crippen LogP contribution in [-0.4, -0.2) is 11.6 Å². The number of esters is 1. The van der Waals surface area contributed by atoms with Crippen LogP contribution in [0.3, 0.4) is 0 Å². The van der Waals surface area contributed by atoms with Gasteiger partial charge in [-0.05, 0) is 51.7 Å². The van der Waals surface area contributed by atoms with Crippen LogP contribution in [0.1, 0.15) is 39.5 Å². The fourth-order valence-corrected chi connectivity index (χ4v) is 2.31. The molecule has 0 N–H and O–H groups in total. The van der Waals surface area contributed by atoms with Crippen LogP contribution >= 0.6 is 0 Å². The summed E-state index contributed by atoms with van der Waals surface area (Å²) in [5.41, 5.74) is -0.0442. The number of hydrogen-bond acceptors (Lipinski definition) is 3. The van der Waals surface area contributed by atoms with Crippen molar-refractivity contribution in [3.05, 3.63) is 36.2 Å². The molecule has 0 aliphatic heterocycles. The molecule has 20 heavy (non-hydrogen) atoms. The lowest BCUT2D eigenvalue weighted by Crippen LogP contribution is -2.28. The molecule has 0 unspecified atom stereocenters. The van der Waals surface area contributed by atoms with E-state index in [-0.39, 0.29) is 17.1 Å². The summed E-state index contributed by atoms with van der Waals surface area (Å²) in [6.07, 6.45) is 3.98. The quantitative estimate of drug-likeness (QED) is 0.474. The molecule has 108 valence electrons. The van der Waals surface area contributed by atoms with E-state index in [2.05, 4.69) is 6.58 Å². The second-order valence-electron chi connectivity index (χ2n) is 5.52. The van der Waals surface area contributed by atoms with Crippen molar-refractivity contribution in [2.45, 2.75) is 45.1 Å². The maximum absolute atomic E-state index is 13.8. The van der Waals surface area contributed by atoms with Gasteiger partial charge in [-0.3, -0.25) is 0 Å². The van der Waals surface area contributed by atoms with Crippen molar-refractivity contribution in [1.29, 1.82) is 0 Å². The molecule has 1 fully saturated rings. The molecule has 0 aromatic heterocycles. The minimum atomic E-state index is -0.533. The SMILES string of the molecule is C=C(C)C(=O)Oc1ccc(F)c(OC2(C)CCCC2)c1. The minimum Gasteiger partial charge on any atom is -0.484 e. The topological polar surface area (TPSA) is 35.5 Å². The summed E-state index contributed by atoms with van der Waals surface area (Å²) in [7, 11) is 0. The highest BCUT2D eigenvalue weighted by atomic mass is 19.1. The maximum atomic E-state index is 13.8. The lowest BCUT2D eigenvalue weighted by molar-refractivity contribution is -0.130. The zero-order chi connectivity index (χ0) is 14.8. The van der Waals surface area contributed by atoms with Gasteiger partial charge in [-0.25, -0.2) is 9.18 Å². The van der Waals surface area contributed by atoms with E-state index in [0.29, 0.717) is 5.57 Å². The van der Waals surface area contributed by atoms with E-state index >= 15 is 0 Å². The predicted molar refractivity (Wildman–Crippen MR) is 74.4 cm³/mol. The molecule has 1 saturated carbocycles. The van der Waals surface area contributed by atoms with Gasteiger partial charge in [0.2, 0.25) is 0 Å². The number of benzene rings is 1. The molecular weight excluding hydrogens is 259 g/mol. The van der Waals surface area contributed by atoms with Crippen molar-refractivity contribution in [3.8, 4) is 11.5 Å². The Bertz CT molecular complexity index is 531. The summed E-state index contributed by atoms with van der Waals surface area (Å²) in [4.78, 5) is 11.5. The molecule has 1 aliphatic rings. The van der Waals surface area contributed by atoms with Crippen molar-refractivity contribution < 1.29 is 18.7 Å². The lowest BCUT2D eigenvalue weighted by Gasteiger charge is -2.26. The van der Waals surface area contributed by atoms with Crippen molar-refractivity contribution in [3.63, 3.8) is 0 Å². The van der Waals surface area contributed by atoms with Crippen molar-refractivity contribution in [2.75, 3.05) is 0 Å². The summed E-state index contributed by atoms with van der Waals surface area (Å²) < 4.78 is 24.7. The number of rotatable bonds is 4. The number of hydrogen-bond donors (Lipinski definition) is 0. The van der Waals surface area contributed by atoms with Gasteiger partial charge >= 0.3 is 5.97 Å². The summed E-state index contributed by atoms with van der Waals surface area (Å²) in [5.74, 6) is -0.597. The average molecular weight is 278 g/mol. The van der Waals surface area contributed by atoms with Crippen LogP contribution < -0.4 is 9.47 Å². The lowest BCUT2D eigenvalue weighted by atomic mass is 10.1. The zero-order valence-corrected chi connectivity index (χ0v) is 11.9. The number of carbonyl (C=O) groups is 1. The Hall–Kier alpha value is -1.84. The Kier molecular flexibility index (Phi) is 4.12. The molecule has 0 spiro atoms. The van der Waals surface area contributed by atoms with E-state index in [1.54, 1.807) is 6.92 Å². The predicted octanol–water partition coefficient (Wildman–Crippen LogP) is 4.02. The Balaban J connectivity index is 2.16. The smallest absolute Gasteiger partial charge is 0.338 e. The summed E-state index contributed by atoms with van der Waals surface area (Å²) in [6.45, 7) is 7.04. The molecule has 1 aromatic rings. The van der Waals surface area contributed by atoms with Crippen LogP contribution in [0.4, 0.5) is 4.39 Å². The highest BCUT2D eigenvalue weighted by Gasteiger charge is 2.31. The first kappa shape index (κ1) is 14.6. The van der Waals surface area contributed by atoms with Gasteiger partial charge in [-0.15, -0.1) is 0 Å². The van der Waals surface area contributed by atoms with Crippen LogP contribution in [0, 0.1) is 5.82 Å². The van der Waals surface area contributed by atoms with Gasteiger partial charge in [0.15, 0.2) is 11.6 Å². The molecule has 2 rings (SSSR count). The van der Waals surface area contributed by atoms with Crippen LogP contribution in [0.15, 0.2) is 30.4 Å². The first-order chi connectivity index (χ1) is 9.39. The van der Waals surface area contributed by atoms with Crippen LogP contribution in [0.25, 0.3) is 0 Å². The van der Waals surface area contributed by atoms with E-state index in [1.807, 2.05) is 6.92 Å². The first-order valence-corrected chi connectivity index (χ1v) is 6.76. The van der Waals surface area contributed by atoms with Gasteiger partial charge in [-0.2, -0.15) is 0 Å². The zero-order valence-electron chi connectivity index (χ0n) is 11.9. The third-order valence-electron chi connectivity index (χ3n) is 3.48. The van der Waals surface area contributed by atoms with Gasteiger partial charge in [0.1, 0.15) is 11.4 Å². The molecule has 0 amide bonds. The van der Waals surface area contributed by atoms with E-state index in [0.717, 1.165) is 25.7 Å². The second-order valence-corrected chi connectivity index (χ2v) is 5.52. The Morgan fingerprint density at radius 1 is 1.35 bits per heavy atom. The third-order valence-corrected chi connectivity index (χ3v) is 3.48. The van der Waals surface area contributed by atoms with Gasteiger partial charge in [0.05, 0.1) is 0 Å². The monoisotopic (exact) mass is 278 g/mol. The number of carbonyl (C=O) groups excluding carboxylic acids is 1. The van der Waals surface area contributed by atoms with Gasteiger partial charge in [0, 0.05) is 11.6 Å². The van der Waals surface area contributed by atoms with Crippen LogP contribution in [0.2, 0.25) is 0 Å². The second kappa shape index (κ2) is 5.65. The molecule has 4 heteroatoms. The van der Waals surface area contributed by atoms with E-state index < -0.39 is 11.8 Å². The molecule has 0 radical (unpaired) electrons. The van der Waals surface area contributed by atoms with E-state index in [1.165, 1.54) is 18.2 Å². The van der Waals surface area contributed by atoms with E-state index in [9.17, 15) is 9.18 Å². The molecule has 3 nitrogen and oxygen atoms in total. The highest BCUT2D eigenvalue weighted by molar-refractivity contribution is 5.88. The Labute approximate surface area is 118 Å². The average Bonchev–Trinajstić information content (AvgIpc) is 2.80. The molecule has 0 saturated heterocycles. The Morgan fingerprint density at radius 2 is 2.00 bits per heavy atom. The van der Waals surface area contributed by atoms with Gasteiger partial charge < -0.3 is 9.47 Å². The Morgan fingerprint density at radius 3 is 2.60 bits per heavy atom. The summed E-state index contributed by atoms with van der Waals surface area (Å²) >= 11 is 0.